The first-order chi connectivity index (χ1) is 15.6. The van der Waals surface area contributed by atoms with Gasteiger partial charge in [-0.1, -0.05) is 48.0 Å². The van der Waals surface area contributed by atoms with E-state index in [0.717, 1.165) is 35.5 Å². The summed E-state index contributed by atoms with van der Waals surface area (Å²) in [5.74, 6) is 0.817. The van der Waals surface area contributed by atoms with Crippen LogP contribution in [-0.2, 0) is 11.2 Å². The van der Waals surface area contributed by atoms with Gasteiger partial charge in [0.05, 0.1) is 19.7 Å². The first kappa shape index (κ1) is 20.3. The number of fused-ring (bicyclic) bond motifs is 3. The van der Waals surface area contributed by atoms with Gasteiger partial charge in [0.2, 0.25) is 5.91 Å². The zero-order valence-electron chi connectivity index (χ0n) is 18.4. The molecule has 32 heavy (non-hydrogen) atoms. The van der Waals surface area contributed by atoms with E-state index in [4.69, 9.17) is 4.74 Å². The van der Waals surface area contributed by atoms with E-state index in [9.17, 15) is 4.79 Å². The fourth-order valence-corrected chi connectivity index (χ4v) is 4.65. The maximum atomic E-state index is 12.9. The normalized spacial score (nSPS) is 16.0. The summed E-state index contributed by atoms with van der Waals surface area (Å²) in [7, 11) is 1.67. The molecule has 1 unspecified atom stereocenters. The van der Waals surface area contributed by atoms with Gasteiger partial charge in [-0.3, -0.25) is 9.69 Å². The number of carbonyl (C=O) groups is 1. The number of methoxy groups -OCH3 is 1. The summed E-state index contributed by atoms with van der Waals surface area (Å²) >= 11 is 0. The van der Waals surface area contributed by atoms with Crippen LogP contribution in [0.5, 0.6) is 5.75 Å². The second-order valence-electron chi connectivity index (χ2n) is 8.37. The molecule has 1 aliphatic heterocycles. The molecule has 1 atom stereocenters. The summed E-state index contributed by atoms with van der Waals surface area (Å²) in [6.45, 7) is 3.17. The minimum atomic E-state index is -0.0270. The summed E-state index contributed by atoms with van der Waals surface area (Å²) in [5.41, 5.74) is 6.79. The second kappa shape index (κ2) is 8.52. The van der Waals surface area contributed by atoms with Crippen molar-refractivity contribution in [2.45, 2.75) is 19.4 Å². The minimum Gasteiger partial charge on any atom is -0.497 e. The number of benzene rings is 3. The van der Waals surface area contributed by atoms with Gasteiger partial charge in [0.1, 0.15) is 5.75 Å². The SMILES string of the molecule is COc1ccc(C2c3[nH]c4ccccc4c3CCN2CC(=O)Nc2ccc(C)cc2)cc1. The van der Waals surface area contributed by atoms with Crippen LogP contribution < -0.4 is 10.1 Å². The fraction of sp³-hybridized carbons (Fsp3) is 0.222. The Morgan fingerprint density at radius 1 is 1.06 bits per heavy atom. The number of hydrogen-bond donors (Lipinski definition) is 2. The summed E-state index contributed by atoms with van der Waals surface area (Å²) in [5, 5.41) is 4.31. The quantitative estimate of drug-likeness (QED) is 0.469. The van der Waals surface area contributed by atoms with Crippen molar-refractivity contribution >= 4 is 22.5 Å². The standard InChI is InChI=1S/C27H27N3O2/c1-18-7-11-20(12-8-18)28-25(31)17-30-16-15-23-22-5-3-4-6-24(22)29-26(23)27(30)19-9-13-21(32-2)14-10-19/h3-14,27,29H,15-17H2,1-2H3,(H,28,31). The van der Waals surface area contributed by atoms with Crippen LogP contribution in [0, 0.1) is 6.92 Å². The van der Waals surface area contributed by atoms with Gasteiger partial charge in [0, 0.05) is 28.8 Å². The highest BCUT2D eigenvalue weighted by Crippen LogP contribution is 2.38. The molecule has 4 aromatic rings. The van der Waals surface area contributed by atoms with Crippen molar-refractivity contribution in [3.05, 3.63) is 95.2 Å². The molecule has 0 saturated heterocycles. The monoisotopic (exact) mass is 425 g/mol. The van der Waals surface area contributed by atoms with Crippen molar-refractivity contribution in [1.29, 1.82) is 0 Å². The Bertz CT molecular complexity index is 1240. The summed E-state index contributed by atoms with van der Waals surface area (Å²) in [6, 6.07) is 24.5. The number of aromatic nitrogens is 1. The Morgan fingerprint density at radius 2 is 1.81 bits per heavy atom. The van der Waals surface area contributed by atoms with Crippen LogP contribution >= 0.6 is 0 Å². The predicted molar refractivity (Wildman–Crippen MR) is 128 cm³/mol. The zero-order valence-corrected chi connectivity index (χ0v) is 18.4. The lowest BCUT2D eigenvalue weighted by atomic mass is 9.92. The third-order valence-corrected chi connectivity index (χ3v) is 6.25. The van der Waals surface area contributed by atoms with Crippen LogP contribution in [-0.4, -0.2) is 36.0 Å². The lowest BCUT2D eigenvalue weighted by molar-refractivity contribution is -0.117. The summed E-state index contributed by atoms with van der Waals surface area (Å²) < 4.78 is 5.35. The van der Waals surface area contributed by atoms with Crippen LogP contribution in [0.2, 0.25) is 0 Å². The van der Waals surface area contributed by atoms with Gasteiger partial charge in [-0.05, 0) is 54.8 Å². The largest absolute Gasteiger partial charge is 0.497 e. The van der Waals surface area contributed by atoms with Crippen LogP contribution in [0.15, 0.2) is 72.8 Å². The number of nitrogens with one attached hydrogen (secondary N) is 2. The van der Waals surface area contributed by atoms with Crippen molar-refractivity contribution in [2.75, 3.05) is 25.5 Å². The lowest BCUT2D eigenvalue weighted by Gasteiger charge is -2.35. The van der Waals surface area contributed by atoms with Crippen LogP contribution in [0.4, 0.5) is 5.69 Å². The van der Waals surface area contributed by atoms with Gasteiger partial charge in [0.15, 0.2) is 0 Å². The molecule has 1 aliphatic rings. The van der Waals surface area contributed by atoms with Gasteiger partial charge in [-0.15, -0.1) is 0 Å². The molecular formula is C27H27N3O2. The molecule has 5 nitrogen and oxygen atoms in total. The van der Waals surface area contributed by atoms with Crippen molar-refractivity contribution in [3.63, 3.8) is 0 Å². The first-order valence-electron chi connectivity index (χ1n) is 11.0. The van der Waals surface area contributed by atoms with E-state index in [2.05, 4.69) is 51.6 Å². The highest BCUT2D eigenvalue weighted by Gasteiger charge is 2.32. The van der Waals surface area contributed by atoms with Gasteiger partial charge >= 0.3 is 0 Å². The zero-order chi connectivity index (χ0) is 22.1. The molecule has 162 valence electrons. The number of amides is 1. The van der Waals surface area contributed by atoms with Crippen LogP contribution in [0.25, 0.3) is 10.9 Å². The predicted octanol–water partition coefficient (Wildman–Crippen LogP) is 5.07. The second-order valence-corrected chi connectivity index (χ2v) is 8.37. The Morgan fingerprint density at radius 3 is 2.56 bits per heavy atom. The van der Waals surface area contributed by atoms with E-state index in [1.807, 2.05) is 43.3 Å². The number of hydrogen-bond acceptors (Lipinski definition) is 3. The molecule has 2 N–H and O–H groups in total. The average molecular weight is 426 g/mol. The van der Waals surface area contributed by atoms with E-state index in [1.165, 1.54) is 22.2 Å². The van der Waals surface area contributed by atoms with Gasteiger partial charge in [-0.2, -0.15) is 0 Å². The summed E-state index contributed by atoms with van der Waals surface area (Å²) in [4.78, 5) is 18.8. The smallest absolute Gasteiger partial charge is 0.238 e. The third-order valence-electron chi connectivity index (χ3n) is 6.25. The number of anilines is 1. The molecule has 0 radical (unpaired) electrons. The van der Waals surface area contributed by atoms with Crippen molar-refractivity contribution in [1.82, 2.24) is 9.88 Å². The molecule has 0 aliphatic carbocycles. The van der Waals surface area contributed by atoms with E-state index in [-0.39, 0.29) is 11.9 Å². The summed E-state index contributed by atoms with van der Waals surface area (Å²) in [6.07, 6.45) is 0.907. The number of carbonyl (C=O) groups excluding carboxylic acids is 1. The molecule has 0 spiro atoms. The maximum Gasteiger partial charge on any atom is 0.238 e. The topological polar surface area (TPSA) is 57.4 Å². The Kier molecular flexibility index (Phi) is 5.41. The number of nitrogens with zero attached hydrogens (tertiary/aromatic N) is 1. The molecular weight excluding hydrogens is 398 g/mol. The van der Waals surface area contributed by atoms with E-state index >= 15 is 0 Å². The fourth-order valence-electron chi connectivity index (χ4n) is 4.65. The number of aryl methyl sites for hydroxylation is 1. The number of aromatic amines is 1. The molecule has 3 aromatic carbocycles. The average Bonchev–Trinajstić information content (AvgIpc) is 3.19. The molecule has 1 amide bonds. The van der Waals surface area contributed by atoms with Gasteiger partial charge in [0.25, 0.3) is 0 Å². The lowest BCUT2D eigenvalue weighted by Crippen LogP contribution is -2.41. The maximum absolute atomic E-state index is 12.9. The molecule has 1 aromatic heterocycles. The molecule has 5 rings (SSSR count). The van der Waals surface area contributed by atoms with Crippen LogP contribution in [0.3, 0.4) is 0 Å². The molecule has 2 heterocycles. The molecule has 0 saturated carbocycles. The Balaban J connectivity index is 1.47. The Hall–Kier alpha value is -3.57. The Labute approximate surface area is 188 Å². The highest BCUT2D eigenvalue weighted by molar-refractivity contribution is 5.92. The number of ether oxygens (including phenoxy) is 1. The van der Waals surface area contributed by atoms with E-state index < -0.39 is 0 Å². The molecule has 0 bridgehead atoms. The van der Waals surface area contributed by atoms with Gasteiger partial charge < -0.3 is 15.0 Å². The van der Waals surface area contributed by atoms with E-state index in [0.29, 0.717) is 6.54 Å². The molecule has 0 fully saturated rings. The number of rotatable bonds is 5. The van der Waals surface area contributed by atoms with Gasteiger partial charge in [-0.25, -0.2) is 0 Å². The van der Waals surface area contributed by atoms with Crippen LogP contribution in [0.1, 0.15) is 28.4 Å². The number of H-pyrrole nitrogens is 1. The van der Waals surface area contributed by atoms with Crippen molar-refractivity contribution < 1.29 is 9.53 Å². The minimum absolute atomic E-state index is 0.00748. The molecule has 5 heteroatoms. The third kappa shape index (κ3) is 3.87. The highest BCUT2D eigenvalue weighted by atomic mass is 16.5. The number of para-hydroxylation sites is 1. The van der Waals surface area contributed by atoms with Crippen molar-refractivity contribution in [2.24, 2.45) is 0 Å². The first-order valence-corrected chi connectivity index (χ1v) is 11.0. The van der Waals surface area contributed by atoms with Crippen molar-refractivity contribution in [3.8, 4) is 5.75 Å². The van der Waals surface area contributed by atoms with E-state index in [1.54, 1.807) is 7.11 Å².